The molecule has 0 unspecified atom stereocenters. The summed E-state index contributed by atoms with van der Waals surface area (Å²) >= 11 is 25.5. The summed E-state index contributed by atoms with van der Waals surface area (Å²) in [7, 11) is 0. The van der Waals surface area contributed by atoms with Crippen LogP contribution in [0.3, 0.4) is 0 Å². The van der Waals surface area contributed by atoms with Gasteiger partial charge >= 0.3 is 0 Å². The van der Waals surface area contributed by atoms with Crippen LogP contribution in [0.5, 0.6) is 0 Å². The van der Waals surface area contributed by atoms with Crippen LogP contribution in [-0.4, -0.2) is 11.8 Å². The summed E-state index contributed by atoms with van der Waals surface area (Å²) in [5.74, 6) is -0.658. The molecule has 8 heteroatoms. The largest absolute Gasteiger partial charge is 0.325 e. The molecule has 0 aliphatic heterocycles. The van der Waals surface area contributed by atoms with E-state index >= 15 is 0 Å². The highest BCUT2D eigenvalue weighted by Gasteiger charge is 2.17. The van der Waals surface area contributed by atoms with Crippen molar-refractivity contribution in [2.24, 2.45) is 11.8 Å². The molecule has 0 spiro atoms. The molecule has 2 rings (SSSR count). The number of benzene rings is 2. The first-order valence-electron chi connectivity index (χ1n) is 9.08. The monoisotopic (exact) mass is 474 g/mol. The van der Waals surface area contributed by atoms with Gasteiger partial charge in [-0.05, 0) is 23.3 Å². The van der Waals surface area contributed by atoms with Gasteiger partial charge in [-0.25, -0.2) is 0 Å². The Hall–Kier alpha value is -1.46. The maximum atomic E-state index is 11.9. The van der Waals surface area contributed by atoms with Crippen LogP contribution >= 0.6 is 46.4 Å². The van der Waals surface area contributed by atoms with Crippen molar-refractivity contribution < 1.29 is 9.59 Å². The van der Waals surface area contributed by atoms with Crippen molar-refractivity contribution in [3.63, 3.8) is 0 Å². The van der Waals surface area contributed by atoms with Crippen molar-refractivity contribution in [1.29, 1.82) is 0 Å². The molecule has 0 aromatic heterocycles. The second-order valence-corrected chi connectivity index (χ2v) is 8.78. The van der Waals surface area contributed by atoms with E-state index in [9.17, 15) is 9.59 Å². The van der Waals surface area contributed by atoms with Gasteiger partial charge in [-0.1, -0.05) is 86.2 Å². The minimum absolute atomic E-state index is 0.149. The van der Waals surface area contributed by atoms with Crippen LogP contribution < -0.4 is 10.6 Å². The van der Waals surface area contributed by atoms with Crippen LogP contribution in [0.4, 0.5) is 11.4 Å². The molecular formula is C21H22Cl4N2O2. The molecule has 2 N–H and O–H groups in total. The van der Waals surface area contributed by atoms with E-state index in [-0.39, 0.29) is 33.7 Å². The lowest BCUT2D eigenvalue weighted by atomic mass is 10.0. The molecule has 2 aromatic carbocycles. The highest BCUT2D eigenvalue weighted by molar-refractivity contribution is 6.45. The molecule has 0 saturated heterocycles. The zero-order valence-corrected chi connectivity index (χ0v) is 19.5. The smallest absolute Gasteiger partial charge is 0.226 e. The fourth-order valence-electron chi connectivity index (χ4n) is 2.40. The van der Waals surface area contributed by atoms with E-state index in [0.29, 0.717) is 27.8 Å². The Bertz CT molecular complexity index is 867. The maximum Gasteiger partial charge on any atom is 0.226 e. The number of carbonyl (C=O) groups is 2. The summed E-state index contributed by atoms with van der Waals surface area (Å²) in [6, 6.07) is 6.97. The average Bonchev–Trinajstić information content (AvgIpc) is 2.66. The molecule has 0 heterocycles. The lowest BCUT2D eigenvalue weighted by Gasteiger charge is -2.15. The fraction of sp³-hybridized carbons (Fsp3) is 0.333. The SMILES string of the molecule is CC(C)C(=O)Nc1ccc(Cc2ccc(NC(=O)C(C)C)c(Cl)c2Cl)c(Cl)c1Cl. The van der Waals surface area contributed by atoms with E-state index in [2.05, 4.69) is 10.6 Å². The van der Waals surface area contributed by atoms with Gasteiger partial charge in [0.15, 0.2) is 0 Å². The Morgan fingerprint density at radius 1 is 0.690 bits per heavy atom. The maximum absolute atomic E-state index is 11.9. The molecule has 0 radical (unpaired) electrons. The van der Waals surface area contributed by atoms with Crippen LogP contribution in [0.15, 0.2) is 24.3 Å². The highest BCUT2D eigenvalue weighted by atomic mass is 35.5. The van der Waals surface area contributed by atoms with Gasteiger partial charge in [0, 0.05) is 18.3 Å². The Morgan fingerprint density at radius 2 is 1.03 bits per heavy atom. The minimum atomic E-state index is -0.180. The van der Waals surface area contributed by atoms with Gasteiger partial charge in [-0.15, -0.1) is 0 Å². The lowest BCUT2D eigenvalue weighted by molar-refractivity contribution is -0.119. The third-order valence-electron chi connectivity index (χ3n) is 4.27. The summed E-state index contributed by atoms with van der Waals surface area (Å²) in [6.45, 7) is 7.16. The number of rotatable bonds is 6. The fourth-order valence-corrected chi connectivity index (χ4v) is 3.33. The lowest BCUT2D eigenvalue weighted by Crippen LogP contribution is -2.18. The molecule has 4 nitrogen and oxygen atoms in total. The summed E-state index contributed by atoms with van der Waals surface area (Å²) < 4.78 is 0. The molecule has 0 fully saturated rings. The summed E-state index contributed by atoms with van der Waals surface area (Å²) in [4.78, 5) is 23.8. The van der Waals surface area contributed by atoms with Crippen LogP contribution in [0.2, 0.25) is 20.1 Å². The molecular weight excluding hydrogens is 454 g/mol. The Kier molecular flexibility index (Phi) is 8.24. The zero-order chi connectivity index (χ0) is 21.9. The predicted molar refractivity (Wildman–Crippen MR) is 123 cm³/mol. The van der Waals surface area contributed by atoms with E-state index < -0.39 is 0 Å². The predicted octanol–water partition coefficient (Wildman–Crippen LogP) is 7.08. The first kappa shape index (κ1) is 23.8. The first-order chi connectivity index (χ1) is 13.5. The number of hydrogen-bond acceptors (Lipinski definition) is 2. The van der Waals surface area contributed by atoms with Gasteiger partial charge < -0.3 is 10.6 Å². The third-order valence-corrected chi connectivity index (χ3v) is 6.11. The summed E-state index contributed by atoms with van der Waals surface area (Å²) in [5.41, 5.74) is 2.37. The van der Waals surface area contributed by atoms with Crippen molar-refractivity contribution >= 4 is 69.6 Å². The molecule has 0 atom stereocenters. The Labute approximate surface area is 190 Å². The number of nitrogens with one attached hydrogen (secondary N) is 2. The van der Waals surface area contributed by atoms with Gasteiger partial charge in [0.25, 0.3) is 0 Å². The molecule has 2 aromatic rings. The van der Waals surface area contributed by atoms with E-state index in [1.54, 1.807) is 52.0 Å². The van der Waals surface area contributed by atoms with Gasteiger partial charge in [-0.3, -0.25) is 9.59 Å². The van der Waals surface area contributed by atoms with Gasteiger partial charge in [0.1, 0.15) is 0 Å². The van der Waals surface area contributed by atoms with Crippen LogP contribution in [0.1, 0.15) is 38.8 Å². The average molecular weight is 476 g/mol. The second-order valence-electron chi connectivity index (χ2n) is 7.27. The summed E-state index contributed by atoms with van der Waals surface area (Å²) in [6.07, 6.45) is 0.383. The van der Waals surface area contributed by atoms with Gasteiger partial charge in [0.05, 0.1) is 31.5 Å². The molecule has 0 aliphatic carbocycles. The third kappa shape index (κ3) is 5.79. The first-order valence-corrected chi connectivity index (χ1v) is 10.6. The highest BCUT2D eigenvalue weighted by Crippen LogP contribution is 2.38. The molecule has 0 saturated carbocycles. The normalized spacial score (nSPS) is 11.1. The minimum Gasteiger partial charge on any atom is -0.325 e. The number of anilines is 2. The van der Waals surface area contributed by atoms with E-state index in [1.165, 1.54) is 0 Å². The molecule has 29 heavy (non-hydrogen) atoms. The Balaban J connectivity index is 2.28. The van der Waals surface area contributed by atoms with Crippen molar-refractivity contribution in [2.45, 2.75) is 34.1 Å². The molecule has 0 bridgehead atoms. The van der Waals surface area contributed by atoms with Crippen molar-refractivity contribution in [3.8, 4) is 0 Å². The van der Waals surface area contributed by atoms with E-state index in [1.807, 2.05) is 0 Å². The van der Waals surface area contributed by atoms with Crippen LogP contribution in [0.25, 0.3) is 0 Å². The van der Waals surface area contributed by atoms with Crippen LogP contribution in [-0.2, 0) is 16.0 Å². The van der Waals surface area contributed by atoms with Gasteiger partial charge in [-0.2, -0.15) is 0 Å². The number of amides is 2. The van der Waals surface area contributed by atoms with E-state index in [0.717, 1.165) is 11.1 Å². The second kappa shape index (κ2) is 10.0. The zero-order valence-electron chi connectivity index (χ0n) is 16.5. The van der Waals surface area contributed by atoms with Gasteiger partial charge in [0.2, 0.25) is 11.8 Å². The standard InChI is InChI=1S/C21H22Cl4N2O2/c1-10(2)20(28)26-14-7-5-12(16(22)18(14)24)9-13-6-8-15(19(25)17(13)23)27-21(29)11(3)4/h5-8,10-11H,9H2,1-4H3,(H,26,28)(H,27,29). The molecule has 2 amide bonds. The number of carbonyl (C=O) groups excluding carboxylic acids is 2. The van der Waals surface area contributed by atoms with Crippen molar-refractivity contribution in [1.82, 2.24) is 0 Å². The number of hydrogen-bond donors (Lipinski definition) is 2. The molecule has 156 valence electrons. The van der Waals surface area contributed by atoms with Crippen molar-refractivity contribution in [2.75, 3.05) is 10.6 Å². The van der Waals surface area contributed by atoms with E-state index in [4.69, 9.17) is 46.4 Å². The van der Waals surface area contributed by atoms with Crippen molar-refractivity contribution in [3.05, 3.63) is 55.5 Å². The molecule has 0 aliphatic rings. The van der Waals surface area contributed by atoms with Crippen LogP contribution in [0, 0.1) is 11.8 Å². The number of halogens is 4. The quantitative estimate of drug-likeness (QED) is 0.468. The summed E-state index contributed by atoms with van der Waals surface area (Å²) in [5, 5.41) is 6.70. The topological polar surface area (TPSA) is 58.2 Å². The Morgan fingerprint density at radius 3 is 1.34 bits per heavy atom.